The molecule has 0 fully saturated rings. The number of nitrogens with zero attached hydrogens (tertiary/aromatic N) is 2. The van der Waals surface area contributed by atoms with Crippen molar-refractivity contribution in [2.24, 2.45) is 0 Å². The van der Waals surface area contributed by atoms with Crippen molar-refractivity contribution in [2.75, 3.05) is 0 Å². The van der Waals surface area contributed by atoms with Crippen LogP contribution in [0.5, 0.6) is 0 Å². The van der Waals surface area contributed by atoms with Crippen LogP contribution < -0.4 is 0 Å². The summed E-state index contributed by atoms with van der Waals surface area (Å²) >= 11 is 0. The Bertz CT molecular complexity index is 3300. The lowest BCUT2D eigenvalue weighted by Crippen LogP contribution is -2.28. The first-order valence-electron chi connectivity index (χ1n) is 20.4. The first kappa shape index (κ1) is 33.5. The van der Waals surface area contributed by atoms with E-state index in [0.29, 0.717) is 0 Å². The number of fused-ring (bicyclic) bond motifs is 8. The van der Waals surface area contributed by atoms with Gasteiger partial charge < -0.3 is 9.13 Å². The molecule has 0 radical (unpaired) electrons. The lowest BCUT2D eigenvalue weighted by molar-refractivity contribution is 0.769. The Kier molecular flexibility index (Phi) is 7.48. The maximum Gasteiger partial charge on any atom is 0.0788 e. The van der Waals surface area contributed by atoms with E-state index in [0.717, 1.165) is 11.4 Å². The van der Waals surface area contributed by atoms with Crippen LogP contribution in [0.4, 0.5) is 0 Å². The SMILES string of the molecule is c1ccc(-c2cc3ccc4c5ccccc5n(-c5ccc(-c6ccc7c(c6)C(c6ccccc6)(c6ccccc6)c6ccccc6-7)cc5)c4c3n2-c2ccccc2)cc1. The van der Waals surface area contributed by atoms with Gasteiger partial charge >= 0.3 is 0 Å². The molecular weight excluding hydrogens is 713 g/mol. The number of hydrogen-bond donors (Lipinski definition) is 0. The van der Waals surface area contributed by atoms with Gasteiger partial charge in [0.2, 0.25) is 0 Å². The van der Waals surface area contributed by atoms with Gasteiger partial charge in [-0.25, -0.2) is 0 Å². The summed E-state index contributed by atoms with van der Waals surface area (Å²) in [5.41, 5.74) is 18.0. The molecule has 0 N–H and O–H groups in total. The largest absolute Gasteiger partial charge is 0.307 e. The third-order valence-corrected chi connectivity index (χ3v) is 12.6. The minimum atomic E-state index is -0.439. The van der Waals surface area contributed by atoms with Crippen molar-refractivity contribution in [3.05, 3.63) is 253 Å². The monoisotopic (exact) mass is 750 g/mol. The number of para-hydroxylation sites is 2. The maximum absolute atomic E-state index is 2.47. The van der Waals surface area contributed by atoms with Crippen LogP contribution in [0.1, 0.15) is 22.3 Å². The van der Waals surface area contributed by atoms with E-state index < -0.39 is 5.41 Å². The molecule has 0 atom stereocenters. The predicted molar refractivity (Wildman–Crippen MR) is 246 cm³/mol. The van der Waals surface area contributed by atoms with Gasteiger partial charge in [0.25, 0.3) is 0 Å². The Morgan fingerprint density at radius 2 is 0.898 bits per heavy atom. The van der Waals surface area contributed by atoms with Crippen molar-refractivity contribution in [2.45, 2.75) is 5.41 Å². The van der Waals surface area contributed by atoms with Crippen LogP contribution in [0.2, 0.25) is 0 Å². The first-order chi connectivity index (χ1) is 29.3. The Morgan fingerprint density at radius 3 is 1.63 bits per heavy atom. The summed E-state index contributed by atoms with van der Waals surface area (Å²) < 4.78 is 4.92. The zero-order valence-electron chi connectivity index (χ0n) is 32.3. The molecule has 0 bridgehead atoms. The van der Waals surface area contributed by atoms with Crippen molar-refractivity contribution in [1.29, 1.82) is 0 Å². The zero-order chi connectivity index (χ0) is 38.9. The molecule has 1 aliphatic carbocycles. The first-order valence-corrected chi connectivity index (χ1v) is 20.4. The van der Waals surface area contributed by atoms with Gasteiger partial charge in [-0.15, -0.1) is 0 Å². The molecule has 11 aromatic rings. The Hall–Kier alpha value is -7.68. The van der Waals surface area contributed by atoms with Gasteiger partial charge in [0, 0.05) is 27.5 Å². The lowest BCUT2D eigenvalue weighted by atomic mass is 9.67. The van der Waals surface area contributed by atoms with Gasteiger partial charge in [-0.1, -0.05) is 188 Å². The minimum Gasteiger partial charge on any atom is -0.307 e. The van der Waals surface area contributed by atoms with Crippen molar-refractivity contribution >= 4 is 32.7 Å². The van der Waals surface area contributed by atoms with E-state index in [1.807, 2.05) is 0 Å². The Labute approximate surface area is 343 Å². The van der Waals surface area contributed by atoms with Gasteiger partial charge in [0.05, 0.1) is 27.7 Å². The smallest absolute Gasteiger partial charge is 0.0788 e. The summed E-state index contributed by atoms with van der Waals surface area (Å²) in [5.74, 6) is 0. The highest BCUT2D eigenvalue weighted by Gasteiger charge is 2.46. The second-order valence-electron chi connectivity index (χ2n) is 15.7. The number of aromatic nitrogens is 2. The van der Waals surface area contributed by atoms with Crippen molar-refractivity contribution < 1.29 is 0 Å². The van der Waals surface area contributed by atoms with Crippen LogP contribution in [-0.2, 0) is 5.41 Å². The highest BCUT2D eigenvalue weighted by Crippen LogP contribution is 2.56. The van der Waals surface area contributed by atoms with Gasteiger partial charge in [-0.3, -0.25) is 0 Å². The van der Waals surface area contributed by atoms with Crippen LogP contribution in [0, 0.1) is 0 Å². The quantitative estimate of drug-likeness (QED) is 0.160. The lowest BCUT2D eigenvalue weighted by Gasteiger charge is -2.34. The second-order valence-corrected chi connectivity index (χ2v) is 15.7. The standard InChI is InChI=1S/C57H38N2/c1-5-17-40(18-6-1)54-38-42-32-36-50-49-26-14-16-28-53(49)58(56(50)55(42)59(54)45-23-11-4-12-24-45)46-33-29-39(30-34-46)41-31-35-48-47-25-13-15-27-51(47)57(52(48)37-41,43-19-7-2-8-20-43)44-21-9-3-10-22-44/h1-38H. The fourth-order valence-corrected chi connectivity index (χ4v) is 10.1. The number of benzene rings is 9. The van der Waals surface area contributed by atoms with Crippen LogP contribution in [0.15, 0.2) is 231 Å². The molecule has 0 aliphatic heterocycles. The van der Waals surface area contributed by atoms with Crippen LogP contribution in [0.3, 0.4) is 0 Å². The van der Waals surface area contributed by atoms with E-state index in [1.54, 1.807) is 0 Å². The van der Waals surface area contributed by atoms with E-state index >= 15 is 0 Å². The molecule has 0 unspecified atom stereocenters. The van der Waals surface area contributed by atoms with Crippen LogP contribution in [0.25, 0.3) is 77.6 Å². The summed E-state index contributed by atoms with van der Waals surface area (Å²) in [4.78, 5) is 0. The van der Waals surface area contributed by atoms with E-state index in [2.05, 4.69) is 240 Å². The molecule has 2 heterocycles. The summed E-state index contributed by atoms with van der Waals surface area (Å²) in [6, 6.07) is 84.7. The van der Waals surface area contributed by atoms with Gasteiger partial charge in [0.1, 0.15) is 0 Å². The Balaban J connectivity index is 1.06. The molecule has 2 aromatic heterocycles. The van der Waals surface area contributed by atoms with Crippen molar-refractivity contribution in [3.63, 3.8) is 0 Å². The molecule has 0 saturated heterocycles. The Morgan fingerprint density at radius 1 is 0.322 bits per heavy atom. The average Bonchev–Trinajstić information content (AvgIpc) is 3.97. The van der Waals surface area contributed by atoms with Gasteiger partial charge in [-0.05, 0) is 92.5 Å². The van der Waals surface area contributed by atoms with Crippen molar-refractivity contribution in [3.8, 4) is 44.9 Å². The molecule has 2 heteroatoms. The summed E-state index contributed by atoms with van der Waals surface area (Å²) in [6.45, 7) is 0. The molecule has 12 rings (SSSR count). The van der Waals surface area contributed by atoms with Crippen LogP contribution >= 0.6 is 0 Å². The molecule has 276 valence electrons. The molecular formula is C57H38N2. The molecule has 1 aliphatic rings. The fourth-order valence-electron chi connectivity index (χ4n) is 10.1. The summed E-state index contributed by atoms with van der Waals surface area (Å²) in [5, 5.41) is 3.69. The topological polar surface area (TPSA) is 9.86 Å². The third-order valence-electron chi connectivity index (χ3n) is 12.6. The van der Waals surface area contributed by atoms with Crippen molar-refractivity contribution in [1.82, 2.24) is 9.13 Å². The zero-order valence-corrected chi connectivity index (χ0v) is 32.3. The third kappa shape index (κ3) is 4.93. The summed E-state index contributed by atoms with van der Waals surface area (Å²) in [7, 11) is 0. The highest BCUT2D eigenvalue weighted by molar-refractivity contribution is 6.19. The molecule has 9 aromatic carbocycles. The highest BCUT2D eigenvalue weighted by atomic mass is 15.0. The van der Waals surface area contributed by atoms with E-state index in [4.69, 9.17) is 0 Å². The van der Waals surface area contributed by atoms with E-state index in [1.165, 1.54) is 88.5 Å². The molecule has 0 saturated carbocycles. The number of hydrogen-bond acceptors (Lipinski definition) is 0. The van der Waals surface area contributed by atoms with E-state index in [-0.39, 0.29) is 0 Å². The maximum atomic E-state index is 2.47. The second kappa shape index (κ2) is 13.2. The molecule has 2 nitrogen and oxygen atoms in total. The molecule has 59 heavy (non-hydrogen) atoms. The van der Waals surface area contributed by atoms with E-state index in [9.17, 15) is 0 Å². The summed E-state index contributed by atoms with van der Waals surface area (Å²) in [6.07, 6.45) is 0. The van der Waals surface area contributed by atoms with Gasteiger partial charge in [-0.2, -0.15) is 0 Å². The van der Waals surface area contributed by atoms with Gasteiger partial charge in [0.15, 0.2) is 0 Å². The fraction of sp³-hybridized carbons (Fsp3) is 0.0175. The number of rotatable bonds is 6. The van der Waals surface area contributed by atoms with Crippen LogP contribution in [-0.4, -0.2) is 9.13 Å². The minimum absolute atomic E-state index is 0.439. The normalized spacial score (nSPS) is 12.9. The predicted octanol–water partition coefficient (Wildman–Crippen LogP) is 14.4. The molecule has 0 spiro atoms. The average molecular weight is 751 g/mol. The molecule has 0 amide bonds.